The predicted octanol–water partition coefficient (Wildman–Crippen LogP) is 2.54. The summed E-state index contributed by atoms with van der Waals surface area (Å²) in [5.41, 5.74) is 1.70. The van der Waals surface area contributed by atoms with Crippen molar-refractivity contribution >= 4 is 21.1 Å². The molecule has 3 aromatic rings. The van der Waals surface area contributed by atoms with Gasteiger partial charge in [0.05, 0.1) is 11.8 Å². The van der Waals surface area contributed by atoms with Gasteiger partial charge >= 0.3 is 11.9 Å². The second-order valence-electron chi connectivity index (χ2n) is 6.77. The molecule has 0 spiro atoms. The average molecular weight is 443 g/mol. The van der Waals surface area contributed by atoms with Gasteiger partial charge in [0.1, 0.15) is 6.04 Å². The van der Waals surface area contributed by atoms with Crippen LogP contribution in [0.3, 0.4) is 0 Å². The quantitative estimate of drug-likeness (QED) is 0.522. The lowest BCUT2D eigenvalue weighted by Crippen LogP contribution is -2.37. The van der Waals surface area contributed by atoms with Gasteiger partial charge in [-0.05, 0) is 23.3 Å². The van der Waals surface area contributed by atoms with E-state index in [-0.39, 0.29) is 5.56 Å². The fourth-order valence-corrected chi connectivity index (χ4v) is 3.71. The van der Waals surface area contributed by atoms with Gasteiger partial charge in [0, 0.05) is 19.6 Å². The number of alkyl halides is 3. The van der Waals surface area contributed by atoms with Crippen molar-refractivity contribution in [2.75, 3.05) is 12.8 Å². The summed E-state index contributed by atoms with van der Waals surface area (Å²) in [5.74, 6) is -0.459. The third-order valence-electron chi connectivity index (χ3n) is 4.39. The molecule has 0 amide bonds. The number of rotatable bonds is 8. The summed E-state index contributed by atoms with van der Waals surface area (Å²) in [7, 11) is -4.04. The van der Waals surface area contributed by atoms with E-state index in [2.05, 4.69) is 5.32 Å². The van der Waals surface area contributed by atoms with Crippen LogP contribution < -0.4 is 15.8 Å². The summed E-state index contributed by atoms with van der Waals surface area (Å²) in [6.45, 7) is 1.16. The van der Waals surface area contributed by atoms with Gasteiger partial charge < -0.3 is 9.73 Å². The number of benzene rings is 2. The minimum absolute atomic E-state index is 0.201. The molecule has 0 aliphatic heterocycles. The van der Waals surface area contributed by atoms with Crippen LogP contribution in [0.4, 0.5) is 13.2 Å². The van der Waals surface area contributed by atoms with Crippen LogP contribution in [0.2, 0.25) is 0 Å². The zero-order valence-corrected chi connectivity index (χ0v) is 16.8. The molecule has 1 atom stereocenters. The lowest BCUT2D eigenvalue weighted by atomic mass is 10.1. The highest BCUT2D eigenvalue weighted by Crippen LogP contribution is 2.33. The molecule has 0 unspecified atom stereocenters. The number of hydrogen-bond acceptors (Lipinski definition) is 5. The molecule has 1 aromatic heterocycles. The SMILES string of the molecule is CS(=O)(=O)N[C@@H](c1ccc(CNCCn2c(=O)oc3ccccc32)cc1)C(F)(F)F. The van der Waals surface area contributed by atoms with Crippen LogP contribution in [0.25, 0.3) is 11.1 Å². The van der Waals surface area contributed by atoms with Crippen LogP contribution in [-0.4, -0.2) is 32.0 Å². The molecule has 0 radical (unpaired) electrons. The van der Waals surface area contributed by atoms with Crippen molar-refractivity contribution in [1.29, 1.82) is 0 Å². The van der Waals surface area contributed by atoms with Crippen molar-refractivity contribution in [3.63, 3.8) is 0 Å². The number of sulfonamides is 1. The Labute approximate surface area is 170 Å². The summed E-state index contributed by atoms with van der Waals surface area (Å²) in [6.07, 6.45) is -4.08. The molecule has 2 aromatic carbocycles. The summed E-state index contributed by atoms with van der Waals surface area (Å²) in [5, 5.41) is 3.11. The van der Waals surface area contributed by atoms with Crippen molar-refractivity contribution in [1.82, 2.24) is 14.6 Å². The molecule has 11 heteroatoms. The minimum atomic E-state index is -4.76. The predicted molar refractivity (Wildman–Crippen MR) is 105 cm³/mol. The number of para-hydroxylation sites is 2. The summed E-state index contributed by atoms with van der Waals surface area (Å²) in [6, 6.07) is 10.2. The van der Waals surface area contributed by atoms with Crippen LogP contribution in [0.1, 0.15) is 17.2 Å². The van der Waals surface area contributed by atoms with Crippen molar-refractivity contribution in [2.24, 2.45) is 0 Å². The van der Waals surface area contributed by atoms with E-state index in [4.69, 9.17) is 4.42 Å². The Morgan fingerprint density at radius 3 is 2.40 bits per heavy atom. The molecule has 0 saturated heterocycles. The molecule has 1 heterocycles. The number of aromatic nitrogens is 1. The van der Waals surface area contributed by atoms with Crippen LogP contribution in [0.5, 0.6) is 0 Å². The van der Waals surface area contributed by atoms with E-state index >= 15 is 0 Å². The zero-order valence-electron chi connectivity index (χ0n) is 15.9. The van der Waals surface area contributed by atoms with Gasteiger partial charge in [-0.2, -0.15) is 17.9 Å². The third-order valence-corrected chi connectivity index (χ3v) is 5.05. The molecule has 30 heavy (non-hydrogen) atoms. The monoisotopic (exact) mass is 443 g/mol. The lowest BCUT2D eigenvalue weighted by molar-refractivity contribution is -0.153. The minimum Gasteiger partial charge on any atom is -0.408 e. The van der Waals surface area contributed by atoms with Crippen LogP contribution in [0, 0.1) is 0 Å². The van der Waals surface area contributed by atoms with E-state index in [9.17, 15) is 26.4 Å². The molecular weight excluding hydrogens is 423 g/mol. The lowest BCUT2D eigenvalue weighted by Gasteiger charge is -2.21. The van der Waals surface area contributed by atoms with Gasteiger partial charge in [-0.25, -0.2) is 13.2 Å². The topological polar surface area (TPSA) is 93.3 Å². The Hall–Kier alpha value is -2.63. The van der Waals surface area contributed by atoms with Crippen molar-refractivity contribution in [2.45, 2.75) is 25.3 Å². The van der Waals surface area contributed by atoms with Gasteiger partial charge in [0.2, 0.25) is 10.0 Å². The van der Waals surface area contributed by atoms with E-state index in [0.29, 0.717) is 42.6 Å². The maximum atomic E-state index is 13.2. The molecule has 3 rings (SSSR count). The molecule has 0 saturated carbocycles. The Morgan fingerprint density at radius 2 is 1.77 bits per heavy atom. The first-order chi connectivity index (χ1) is 14.0. The average Bonchev–Trinajstić information content (AvgIpc) is 2.98. The van der Waals surface area contributed by atoms with Gasteiger partial charge in [-0.15, -0.1) is 0 Å². The molecule has 2 N–H and O–H groups in total. The number of hydrogen-bond donors (Lipinski definition) is 2. The molecule has 7 nitrogen and oxygen atoms in total. The maximum Gasteiger partial charge on any atom is 0.419 e. The fourth-order valence-electron chi connectivity index (χ4n) is 3.02. The number of oxazole rings is 1. The highest BCUT2D eigenvalue weighted by molar-refractivity contribution is 7.88. The number of fused-ring (bicyclic) bond motifs is 1. The third kappa shape index (κ3) is 5.49. The Kier molecular flexibility index (Phi) is 6.34. The van der Waals surface area contributed by atoms with E-state index in [1.165, 1.54) is 28.8 Å². The Balaban J connectivity index is 1.60. The van der Waals surface area contributed by atoms with Gasteiger partial charge in [-0.3, -0.25) is 4.57 Å². The molecule has 0 fully saturated rings. The summed E-state index contributed by atoms with van der Waals surface area (Å²) in [4.78, 5) is 11.9. The second-order valence-corrected chi connectivity index (χ2v) is 8.55. The summed E-state index contributed by atoms with van der Waals surface area (Å²) >= 11 is 0. The smallest absolute Gasteiger partial charge is 0.408 e. The van der Waals surface area contributed by atoms with E-state index in [1.54, 1.807) is 29.0 Å². The number of halogens is 3. The van der Waals surface area contributed by atoms with Gasteiger partial charge in [0.25, 0.3) is 0 Å². The van der Waals surface area contributed by atoms with Gasteiger partial charge in [-0.1, -0.05) is 36.4 Å². The Bertz CT molecular complexity index is 1170. The van der Waals surface area contributed by atoms with Gasteiger partial charge in [0.15, 0.2) is 5.58 Å². The first-order valence-corrected chi connectivity index (χ1v) is 10.9. The van der Waals surface area contributed by atoms with E-state index in [1.807, 2.05) is 0 Å². The van der Waals surface area contributed by atoms with Crippen LogP contribution >= 0.6 is 0 Å². The van der Waals surface area contributed by atoms with Crippen molar-refractivity contribution in [3.8, 4) is 0 Å². The zero-order chi connectivity index (χ0) is 21.9. The normalized spacial score (nSPS) is 13.6. The van der Waals surface area contributed by atoms with E-state index in [0.717, 1.165) is 0 Å². The largest absolute Gasteiger partial charge is 0.419 e. The number of nitrogens with one attached hydrogen (secondary N) is 2. The second kappa shape index (κ2) is 8.62. The highest BCUT2D eigenvalue weighted by atomic mass is 32.2. The molecule has 0 aliphatic rings. The number of nitrogens with zero attached hydrogens (tertiary/aromatic N) is 1. The molecule has 0 aliphatic carbocycles. The van der Waals surface area contributed by atoms with Crippen molar-refractivity contribution in [3.05, 3.63) is 70.2 Å². The first-order valence-electron chi connectivity index (χ1n) is 8.96. The Morgan fingerprint density at radius 1 is 1.10 bits per heavy atom. The van der Waals surface area contributed by atoms with Crippen LogP contribution in [0.15, 0.2) is 57.7 Å². The highest BCUT2D eigenvalue weighted by Gasteiger charge is 2.42. The summed E-state index contributed by atoms with van der Waals surface area (Å²) < 4.78 is 70.3. The van der Waals surface area contributed by atoms with Crippen LogP contribution in [-0.2, 0) is 23.1 Å². The maximum absolute atomic E-state index is 13.2. The molecule has 162 valence electrons. The van der Waals surface area contributed by atoms with E-state index < -0.39 is 28.0 Å². The van der Waals surface area contributed by atoms with Crippen molar-refractivity contribution < 1.29 is 26.0 Å². The molecule has 0 bridgehead atoms. The first kappa shape index (κ1) is 22.1. The fraction of sp³-hybridized carbons (Fsp3) is 0.316. The standard InChI is InChI=1S/C19H20F3N3O4S/c1-30(27,28)24-17(19(20,21)22)14-8-6-13(7-9-14)12-23-10-11-25-15-4-2-3-5-16(15)29-18(25)26/h2-9,17,23-24H,10-12H2,1H3/t17-/m0/s1. The molecular formula is C19H20F3N3O4S.